The van der Waals surface area contributed by atoms with E-state index in [2.05, 4.69) is 66.0 Å². The Bertz CT molecular complexity index is 405. The van der Waals surface area contributed by atoms with E-state index in [9.17, 15) is 0 Å². The Balaban J connectivity index is 3.00. The number of hydrogen-bond donors (Lipinski definition) is 1. The maximum Gasteiger partial charge on any atom is 0.144 e. The molecule has 0 atom stereocenters. The quantitative estimate of drug-likeness (QED) is 0.835. The van der Waals surface area contributed by atoms with E-state index in [1.54, 1.807) is 0 Å². The molecule has 0 unspecified atom stereocenters. The molecule has 1 rings (SSSR count). The van der Waals surface area contributed by atoms with Crippen LogP contribution in [0.4, 0.5) is 5.82 Å². The lowest BCUT2D eigenvalue weighted by Crippen LogP contribution is -2.18. The Kier molecular flexibility index (Phi) is 6.72. The van der Waals surface area contributed by atoms with Gasteiger partial charge in [0.05, 0.1) is 10.2 Å². The van der Waals surface area contributed by atoms with Crippen molar-refractivity contribution >= 4 is 21.7 Å². The standard InChI is InChI=1S/C14H25BrN4/c1-6-16-14-13(15)11(9-10(2)3)17-12(18-14)7-8-19(4)5/h10H,6-9H2,1-5H3,(H,16,17,18). The number of aromatic nitrogens is 2. The Hall–Kier alpha value is -0.680. The van der Waals surface area contributed by atoms with Crippen LogP contribution in [0.3, 0.4) is 0 Å². The lowest BCUT2D eigenvalue weighted by atomic mass is 10.1. The first-order valence-electron chi connectivity index (χ1n) is 6.87. The second kappa shape index (κ2) is 7.80. The first-order valence-corrected chi connectivity index (χ1v) is 7.67. The molecule has 0 spiro atoms. The highest BCUT2D eigenvalue weighted by molar-refractivity contribution is 9.10. The molecule has 0 fully saturated rings. The SMILES string of the molecule is CCNc1nc(CCN(C)C)nc(CC(C)C)c1Br. The minimum atomic E-state index is 0.586. The highest BCUT2D eigenvalue weighted by Gasteiger charge is 2.13. The summed E-state index contributed by atoms with van der Waals surface area (Å²) >= 11 is 3.63. The molecule has 5 heteroatoms. The predicted molar refractivity (Wildman–Crippen MR) is 84.7 cm³/mol. The first kappa shape index (κ1) is 16.4. The summed E-state index contributed by atoms with van der Waals surface area (Å²) in [7, 11) is 4.14. The average molecular weight is 329 g/mol. The maximum atomic E-state index is 4.70. The van der Waals surface area contributed by atoms with Gasteiger partial charge < -0.3 is 10.2 Å². The van der Waals surface area contributed by atoms with Crippen LogP contribution in [0, 0.1) is 5.92 Å². The number of anilines is 1. The van der Waals surface area contributed by atoms with Crippen molar-refractivity contribution in [2.45, 2.75) is 33.6 Å². The monoisotopic (exact) mass is 328 g/mol. The molecule has 0 aliphatic carbocycles. The minimum absolute atomic E-state index is 0.586. The van der Waals surface area contributed by atoms with Gasteiger partial charge in [-0.1, -0.05) is 13.8 Å². The van der Waals surface area contributed by atoms with Gasteiger partial charge in [0.1, 0.15) is 11.6 Å². The van der Waals surface area contributed by atoms with Crippen LogP contribution in [-0.2, 0) is 12.8 Å². The third-order valence-electron chi connectivity index (χ3n) is 2.69. The van der Waals surface area contributed by atoms with E-state index in [0.29, 0.717) is 5.92 Å². The second-order valence-electron chi connectivity index (χ2n) is 5.43. The van der Waals surface area contributed by atoms with Gasteiger partial charge in [-0.25, -0.2) is 9.97 Å². The summed E-state index contributed by atoms with van der Waals surface area (Å²) in [6.07, 6.45) is 1.85. The normalized spacial score (nSPS) is 11.4. The predicted octanol–water partition coefficient (Wildman–Crippen LogP) is 2.97. The van der Waals surface area contributed by atoms with Crippen LogP contribution in [0.1, 0.15) is 32.3 Å². The topological polar surface area (TPSA) is 41.1 Å². The molecule has 0 saturated carbocycles. The summed E-state index contributed by atoms with van der Waals surface area (Å²) < 4.78 is 1.01. The van der Waals surface area contributed by atoms with E-state index in [0.717, 1.165) is 47.7 Å². The fourth-order valence-electron chi connectivity index (χ4n) is 1.79. The van der Waals surface area contributed by atoms with Crippen molar-refractivity contribution in [1.82, 2.24) is 14.9 Å². The van der Waals surface area contributed by atoms with Gasteiger partial charge in [0.15, 0.2) is 0 Å². The lowest BCUT2D eigenvalue weighted by Gasteiger charge is -2.14. The van der Waals surface area contributed by atoms with Crippen molar-refractivity contribution in [3.8, 4) is 0 Å². The van der Waals surface area contributed by atoms with Crippen molar-refractivity contribution in [3.63, 3.8) is 0 Å². The van der Waals surface area contributed by atoms with Gasteiger partial charge in [0.25, 0.3) is 0 Å². The number of likely N-dealkylation sites (N-methyl/N-ethyl adjacent to an activating group) is 1. The zero-order valence-electron chi connectivity index (χ0n) is 12.6. The number of nitrogens with zero attached hydrogens (tertiary/aromatic N) is 3. The number of halogens is 1. The van der Waals surface area contributed by atoms with Gasteiger partial charge in [-0.3, -0.25) is 0 Å². The molecule has 0 aliphatic rings. The van der Waals surface area contributed by atoms with E-state index < -0.39 is 0 Å². The zero-order chi connectivity index (χ0) is 14.4. The maximum absolute atomic E-state index is 4.70. The van der Waals surface area contributed by atoms with E-state index in [-0.39, 0.29) is 0 Å². The van der Waals surface area contributed by atoms with Crippen LogP contribution in [0.15, 0.2) is 4.47 Å². The molecule has 4 nitrogen and oxygen atoms in total. The summed E-state index contributed by atoms with van der Waals surface area (Å²) in [4.78, 5) is 11.5. The van der Waals surface area contributed by atoms with Gasteiger partial charge in [0, 0.05) is 19.5 Å². The summed E-state index contributed by atoms with van der Waals surface area (Å²) in [6, 6.07) is 0. The number of nitrogens with one attached hydrogen (secondary N) is 1. The fourth-order valence-corrected chi connectivity index (χ4v) is 2.27. The van der Waals surface area contributed by atoms with Gasteiger partial charge >= 0.3 is 0 Å². The van der Waals surface area contributed by atoms with E-state index >= 15 is 0 Å². The Morgan fingerprint density at radius 3 is 2.47 bits per heavy atom. The van der Waals surface area contributed by atoms with E-state index in [4.69, 9.17) is 4.98 Å². The number of rotatable bonds is 7. The van der Waals surface area contributed by atoms with Crippen LogP contribution < -0.4 is 5.32 Å². The smallest absolute Gasteiger partial charge is 0.144 e. The van der Waals surface area contributed by atoms with Crippen molar-refractivity contribution in [2.24, 2.45) is 5.92 Å². The van der Waals surface area contributed by atoms with Gasteiger partial charge in [-0.05, 0) is 49.3 Å². The summed E-state index contributed by atoms with van der Waals surface area (Å²) in [5.41, 5.74) is 1.11. The highest BCUT2D eigenvalue weighted by Crippen LogP contribution is 2.25. The largest absolute Gasteiger partial charge is 0.369 e. The second-order valence-corrected chi connectivity index (χ2v) is 6.22. The highest BCUT2D eigenvalue weighted by atomic mass is 79.9. The average Bonchev–Trinajstić information content (AvgIpc) is 2.31. The summed E-state index contributed by atoms with van der Waals surface area (Å²) in [6.45, 7) is 8.33. The molecule has 0 aliphatic heterocycles. The fraction of sp³-hybridized carbons (Fsp3) is 0.714. The van der Waals surface area contributed by atoms with Crippen molar-refractivity contribution in [3.05, 3.63) is 16.0 Å². The Morgan fingerprint density at radius 1 is 1.26 bits per heavy atom. The van der Waals surface area contributed by atoms with Crippen LogP contribution in [0.5, 0.6) is 0 Å². The van der Waals surface area contributed by atoms with Crippen LogP contribution >= 0.6 is 15.9 Å². The molecule has 0 saturated heterocycles. The summed E-state index contributed by atoms with van der Waals surface area (Å²) in [5.74, 6) is 2.42. The van der Waals surface area contributed by atoms with Crippen LogP contribution in [0.25, 0.3) is 0 Å². The minimum Gasteiger partial charge on any atom is -0.369 e. The van der Waals surface area contributed by atoms with Crippen LogP contribution in [0.2, 0.25) is 0 Å². The molecule has 0 radical (unpaired) electrons. The Labute approximate surface area is 125 Å². The zero-order valence-corrected chi connectivity index (χ0v) is 14.2. The molecule has 1 aromatic heterocycles. The Morgan fingerprint density at radius 2 is 1.95 bits per heavy atom. The van der Waals surface area contributed by atoms with Gasteiger partial charge in [-0.15, -0.1) is 0 Å². The van der Waals surface area contributed by atoms with E-state index in [1.807, 2.05) is 0 Å². The molecular weight excluding hydrogens is 304 g/mol. The molecule has 108 valence electrons. The molecule has 1 aromatic rings. The molecule has 0 amide bonds. The lowest BCUT2D eigenvalue weighted by molar-refractivity contribution is 0.409. The number of hydrogen-bond acceptors (Lipinski definition) is 4. The van der Waals surface area contributed by atoms with E-state index in [1.165, 1.54) is 0 Å². The van der Waals surface area contributed by atoms with Gasteiger partial charge in [0.2, 0.25) is 0 Å². The molecule has 0 bridgehead atoms. The van der Waals surface area contributed by atoms with Crippen molar-refractivity contribution < 1.29 is 0 Å². The molecule has 1 heterocycles. The van der Waals surface area contributed by atoms with Crippen LogP contribution in [-0.4, -0.2) is 42.1 Å². The molecule has 1 N–H and O–H groups in total. The third kappa shape index (κ3) is 5.45. The summed E-state index contributed by atoms with van der Waals surface area (Å²) in [5, 5.41) is 3.31. The molecule has 0 aromatic carbocycles. The van der Waals surface area contributed by atoms with Crippen molar-refractivity contribution in [2.75, 3.05) is 32.5 Å². The third-order valence-corrected chi connectivity index (χ3v) is 3.53. The van der Waals surface area contributed by atoms with Crippen molar-refractivity contribution in [1.29, 1.82) is 0 Å². The molecular formula is C14H25BrN4. The van der Waals surface area contributed by atoms with Gasteiger partial charge in [-0.2, -0.15) is 0 Å². The molecule has 19 heavy (non-hydrogen) atoms. The first-order chi connectivity index (χ1) is 8.93.